The van der Waals surface area contributed by atoms with Crippen molar-refractivity contribution in [2.75, 3.05) is 7.11 Å². The largest absolute Gasteiger partial charge is 0.370 e. The molecule has 1 aromatic rings. The molecule has 0 N–H and O–H groups in total. The predicted molar refractivity (Wildman–Crippen MR) is 71.5 cm³/mol. The van der Waals surface area contributed by atoms with Crippen molar-refractivity contribution in [3.8, 4) is 0 Å². The Hall–Kier alpha value is 0.0600. The molecule has 0 spiro atoms. The van der Waals surface area contributed by atoms with Gasteiger partial charge in [-0.15, -0.1) is 0 Å². The normalized spacial score (nSPS) is 19.7. The molecule has 0 aromatic carbocycles. The summed E-state index contributed by atoms with van der Waals surface area (Å²) in [6.45, 7) is 0. The molecule has 0 saturated heterocycles. The minimum atomic E-state index is -0.313. The van der Waals surface area contributed by atoms with E-state index in [-0.39, 0.29) is 5.60 Å². The van der Waals surface area contributed by atoms with E-state index in [9.17, 15) is 0 Å². The molecule has 0 aliphatic heterocycles. The van der Waals surface area contributed by atoms with Crippen LogP contribution < -0.4 is 0 Å². The summed E-state index contributed by atoms with van der Waals surface area (Å²) in [5.41, 5.74) is -0.313. The first kappa shape index (κ1) is 12.5. The Labute approximate surface area is 114 Å². The molecule has 1 aliphatic rings. The Bertz CT molecular complexity index is 380. The molecular formula is C11H14ClIN2O. The highest BCUT2D eigenvalue weighted by molar-refractivity contribution is 14.1. The second-order valence-corrected chi connectivity index (χ2v) is 5.61. The van der Waals surface area contributed by atoms with Gasteiger partial charge < -0.3 is 4.74 Å². The number of aromatic nitrogens is 2. The highest BCUT2D eigenvalue weighted by Crippen LogP contribution is 2.38. The van der Waals surface area contributed by atoms with Gasteiger partial charge in [0.15, 0.2) is 5.82 Å². The third-order valence-electron chi connectivity index (χ3n) is 3.16. The maximum Gasteiger partial charge on any atom is 0.161 e. The van der Waals surface area contributed by atoms with Gasteiger partial charge in [0.2, 0.25) is 0 Å². The van der Waals surface area contributed by atoms with E-state index in [1.165, 1.54) is 19.3 Å². The van der Waals surface area contributed by atoms with Gasteiger partial charge >= 0.3 is 0 Å². The Kier molecular flexibility index (Phi) is 4.02. The van der Waals surface area contributed by atoms with Gasteiger partial charge in [-0.3, -0.25) is 0 Å². The van der Waals surface area contributed by atoms with E-state index in [2.05, 4.69) is 32.6 Å². The predicted octanol–water partition coefficient (Wildman–Crippen LogP) is 3.54. The standard InChI is InChI=1S/C11H14ClIN2O/c1-16-11(5-3-2-4-6-11)10-14-7-8(13)9(12)15-10/h7H,2-6H2,1H3. The number of hydrogen-bond acceptors (Lipinski definition) is 3. The monoisotopic (exact) mass is 352 g/mol. The fraction of sp³-hybridized carbons (Fsp3) is 0.636. The molecule has 1 fully saturated rings. The smallest absolute Gasteiger partial charge is 0.161 e. The van der Waals surface area contributed by atoms with E-state index in [1.807, 2.05) is 0 Å². The summed E-state index contributed by atoms with van der Waals surface area (Å²) in [7, 11) is 1.74. The van der Waals surface area contributed by atoms with E-state index in [0.29, 0.717) is 5.15 Å². The SMILES string of the molecule is COC1(c2ncc(I)c(Cl)n2)CCCCC1. The molecule has 1 aliphatic carbocycles. The van der Waals surface area contributed by atoms with E-state index < -0.39 is 0 Å². The molecule has 5 heteroatoms. The van der Waals surface area contributed by atoms with Crippen molar-refractivity contribution in [3.05, 3.63) is 20.7 Å². The van der Waals surface area contributed by atoms with Crippen molar-refractivity contribution in [1.82, 2.24) is 9.97 Å². The minimum absolute atomic E-state index is 0.313. The van der Waals surface area contributed by atoms with E-state index >= 15 is 0 Å². The third-order valence-corrected chi connectivity index (χ3v) is 4.56. The van der Waals surface area contributed by atoms with Gasteiger partial charge in [0, 0.05) is 13.3 Å². The Morgan fingerprint density at radius 1 is 1.38 bits per heavy atom. The van der Waals surface area contributed by atoms with Crippen molar-refractivity contribution < 1.29 is 4.74 Å². The Morgan fingerprint density at radius 3 is 2.62 bits per heavy atom. The zero-order valence-corrected chi connectivity index (χ0v) is 12.1. The number of ether oxygens (including phenoxy) is 1. The number of halogens is 2. The molecule has 16 heavy (non-hydrogen) atoms. The lowest BCUT2D eigenvalue weighted by atomic mass is 9.84. The van der Waals surface area contributed by atoms with Crippen LogP contribution in [0, 0.1) is 3.57 Å². The molecule has 1 saturated carbocycles. The second kappa shape index (κ2) is 5.14. The van der Waals surface area contributed by atoms with Crippen LogP contribution >= 0.6 is 34.2 Å². The molecule has 1 heterocycles. The van der Waals surface area contributed by atoms with Crippen LogP contribution in [0.3, 0.4) is 0 Å². The van der Waals surface area contributed by atoms with Crippen LogP contribution in [0.5, 0.6) is 0 Å². The first-order valence-corrected chi connectivity index (χ1v) is 6.87. The highest BCUT2D eigenvalue weighted by Gasteiger charge is 2.36. The summed E-state index contributed by atoms with van der Waals surface area (Å²) < 4.78 is 6.55. The van der Waals surface area contributed by atoms with Crippen molar-refractivity contribution >= 4 is 34.2 Å². The molecule has 3 nitrogen and oxygen atoms in total. The van der Waals surface area contributed by atoms with Crippen molar-refractivity contribution in [1.29, 1.82) is 0 Å². The molecule has 0 radical (unpaired) electrons. The molecular weight excluding hydrogens is 338 g/mol. The molecule has 1 aromatic heterocycles. The Morgan fingerprint density at radius 2 is 2.06 bits per heavy atom. The number of rotatable bonds is 2. The summed E-state index contributed by atoms with van der Waals surface area (Å²) in [5, 5.41) is 0.521. The average Bonchev–Trinajstić information content (AvgIpc) is 2.33. The molecule has 0 unspecified atom stereocenters. The lowest BCUT2D eigenvalue weighted by Gasteiger charge is -2.34. The molecule has 2 rings (SSSR count). The highest BCUT2D eigenvalue weighted by atomic mass is 127. The molecule has 0 amide bonds. The van der Waals surface area contributed by atoms with Gasteiger partial charge in [-0.05, 0) is 35.4 Å². The van der Waals surface area contributed by atoms with Crippen molar-refractivity contribution in [2.24, 2.45) is 0 Å². The lowest BCUT2D eigenvalue weighted by molar-refractivity contribution is -0.0515. The third kappa shape index (κ3) is 2.33. The van der Waals surface area contributed by atoms with Crippen molar-refractivity contribution in [2.45, 2.75) is 37.7 Å². The molecule has 0 bridgehead atoms. The Balaban J connectivity index is 2.35. The maximum atomic E-state index is 6.04. The van der Waals surface area contributed by atoms with Crippen LogP contribution in [-0.2, 0) is 10.3 Å². The summed E-state index contributed by atoms with van der Waals surface area (Å²) in [5.74, 6) is 0.736. The average molecular weight is 353 g/mol. The van der Waals surface area contributed by atoms with Crippen LogP contribution in [0.2, 0.25) is 5.15 Å². The van der Waals surface area contributed by atoms with Gasteiger partial charge in [0.1, 0.15) is 10.8 Å². The summed E-state index contributed by atoms with van der Waals surface area (Å²) >= 11 is 8.17. The fourth-order valence-corrected chi connectivity index (χ4v) is 2.60. The van der Waals surface area contributed by atoms with Crippen LogP contribution in [0.25, 0.3) is 0 Å². The van der Waals surface area contributed by atoms with Crippen molar-refractivity contribution in [3.63, 3.8) is 0 Å². The summed E-state index contributed by atoms with van der Waals surface area (Å²) in [6, 6.07) is 0. The zero-order chi connectivity index (χ0) is 11.6. The lowest BCUT2D eigenvalue weighted by Crippen LogP contribution is -2.33. The van der Waals surface area contributed by atoms with Gasteiger partial charge in [-0.2, -0.15) is 0 Å². The van der Waals surface area contributed by atoms with E-state index in [4.69, 9.17) is 16.3 Å². The number of hydrogen-bond donors (Lipinski definition) is 0. The first-order chi connectivity index (χ1) is 7.68. The van der Waals surface area contributed by atoms with E-state index in [1.54, 1.807) is 13.3 Å². The second-order valence-electron chi connectivity index (χ2n) is 4.09. The molecule has 88 valence electrons. The van der Waals surface area contributed by atoms with Gasteiger partial charge in [0.25, 0.3) is 0 Å². The first-order valence-electron chi connectivity index (χ1n) is 5.42. The van der Waals surface area contributed by atoms with Gasteiger partial charge in [0.05, 0.1) is 3.57 Å². The summed E-state index contributed by atoms with van der Waals surface area (Å²) in [4.78, 5) is 8.74. The topological polar surface area (TPSA) is 35.0 Å². The zero-order valence-electron chi connectivity index (χ0n) is 9.17. The van der Waals surface area contributed by atoms with Gasteiger partial charge in [-0.1, -0.05) is 30.9 Å². The quantitative estimate of drug-likeness (QED) is 0.603. The maximum absolute atomic E-state index is 6.04. The number of nitrogens with zero attached hydrogens (tertiary/aromatic N) is 2. The summed E-state index contributed by atoms with van der Waals surface area (Å²) in [6.07, 6.45) is 7.34. The van der Waals surface area contributed by atoms with Gasteiger partial charge in [-0.25, -0.2) is 9.97 Å². The van der Waals surface area contributed by atoms with Crippen LogP contribution in [0.4, 0.5) is 0 Å². The van der Waals surface area contributed by atoms with E-state index in [0.717, 1.165) is 22.2 Å². The van der Waals surface area contributed by atoms with Crippen LogP contribution in [0.1, 0.15) is 37.9 Å². The van der Waals surface area contributed by atoms with Crippen LogP contribution in [-0.4, -0.2) is 17.1 Å². The van der Waals surface area contributed by atoms with Crippen LogP contribution in [0.15, 0.2) is 6.20 Å². The minimum Gasteiger partial charge on any atom is -0.370 e. The number of methoxy groups -OCH3 is 1. The fourth-order valence-electron chi connectivity index (χ4n) is 2.21. The molecule has 0 atom stereocenters.